The number of nitrogens with zero attached hydrogens (tertiary/aromatic N) is 3. The number of halogens is 1. The second-order valence-electron chi connectivity index (χ2n) is 3.20. The van der Waals surface area contributed by atoms with Crippen molar-refractivity contribution in [2.24, 2.45) is 0 Å². The summed E-state index contributed by atoms with van der Waals surface area (Å²) < 4.78 is 30.7. The van der Waals surface area contributed by atoms with Crippen molar-refractivity contribution in [3.05, 3.63) is 35.9 Å². The van der Waals surface area contributed by atoms with Crippen LogP contribution in [0.4, 0.5) is 11.6 Å². The lowest BCUT2D eigenvalue weighted by Crippen LogP contribution is -2.00. The zero-order valence-electron chi connectivity index (χ0n) is 8.78. The van der Waals surface area contributed by atoms with Crippen LogP contribution in [-0.4, -0.2) is 27.9 Å². The van der Waals surface area contributed by atoms with Crippen LogP contribution >= 0.6 is 11.6 Å². The van der Waals surface area contributed by atoms with E-state index in [1.807, 2.05) is 0 Å². The van der Waals surface area contributed by atoms with Gasteiger partial charge in [-0.1, -0.05) is 11.6 Å². The molecule has 0 fully saturated rings. The number of hydrogen-bond donors (Lipinski definition) is 2. The molecule has 7 nitrogen and oxygen atoms in total. The lowest BCUT2D eigenvalue weighted by Gasteiger charge is -2.07. The van der Waals surface area contributed by atoms with Gasteiger partial charge in [0.2, 0.25) is 5.95 Å². The zero-order valence-corrected chi connectivity index (χ0v) is 10.4. The fourth-order valence-corrected chi connectivity index (χ4v) is 1.98. The molecule has 1 heterocycles. The lowest BCUT2D eigenvalue weighted by atomic mass is 10.3. The van der Waals surface area contributed by atoms with Crippen molar-refractivity contribution >= 4 is 33.4 Å². The third kappa shape index (κ3) is 2.92. The fourth-order valence-electron chi connectivity index (χ4n) is 1.18. The van der Waals surface area contributed by atoms with Crippen molar-refractivity contribution in [2.45, 2.75) is 4.90 Å². The molecular formula is C9H7ClN4O3S. The third-order valence-electron chi connectivity index (χ3n) is 1.98. The van der Waals surface area contributed by atoms with Gasteiger partial charge in [0.1, 0.15) is 12.7 Å². The Balaban J connectivity index is 2.32. The normalized spacial score (nSPS) is 11.2. The summed E-state index contributed by atoms with van der Waals surface area (Å²) in [5.74, 6) is 0.270. The van der Waals surface area contributed by atoms with Gasteiger partial charge in [0, 0.05) is 0 Å². The quantitative estimate of drug-likeness (QED) is 0.824. The number of nitrogens with one attached hydrogen (secondary N) is 1. The van der Waals surface area contributed by atoms with Crippen molar-refractivity contribution in [1.29, 1.82) is 0 Å². The monoisotopic (exact) mass is 286 g/mol. The minimum Gasteiger partial charge on any atom is -0.323 e. The molecular weight excluding hydrogens is 280 g/mol. The number of rotatable bonds is 3. The molecule has 2 N–H and O–H groups in total. The largest absolute Gasteiger partial charge is 0.323 e. The molecule has 94 valence electrons. The van der Waals surface area contributed by atoms with Gasteiger partial charge < -0.3 is 5.32 Å². The van der Waals surface area contributed by atoms with Crippen LogP contribution in [-0.2, 0) is 10.1 Å². The molecule has 0 amide bonds. The average molecular weight is 287 g/mol. The van der Waals surface area contributed by atoms with E-state index < -0.39 is 10.1 Å². The van der Waals surface area contributed by atoms with Crippen LogP contribution < -0.4 is 5.32 Å². The lowest BCUT2D eigenvalue weighted by molar-refractivity contribution is 0.483. The molecule has 1 aromatic carbocycles. The van der Waals surface area contributed by atoms with Crippen LogP contribution in [0.25, 0.3) is 0 Å². The highest BCUT2D eigenvalue weighted by Crippen LogP contribution is 2.26. The van der Waals surface area contributed by atoms with E-state index in [9.17, 15) is 8.42 Å². The van der Waals surface area contributed by atoms with E-state index in [1.165, 1.54) is 24.8 Å². The Kier molecular flexibility index (Phi) is 3.41. The van der Waals surface area contributed by atoms with Gasteiger partial charge >= 0.3 is 0 Å². The summed E-state index contributed by atoms with van der Waals surface area (Å²) in [5, 5.41) is 2.90. The summed E-state index contributed by atoms with van der Waals surface area (Å²) in [5.41, 5.74) is 0.412. The molecule has 0 aliphatic rings. The predicted molar refractivity (Wildman–Crippen MR) is 64.4 cm³/mol. The van der Waals surface area contributed by atoms with Crippen LogP contribution in [0.15, 0.2) is 35.7 Å². The van der Waals surface area contributed by atoms with Gasteiger partial charge in [-0.25, -0.2) is 15.0 Å². The summed E-state index contributed by atoms with van der Waals surface area (Å²) in [7, 11) is -4.27. The average Bonchev–Trinajstić information content (AvgIpc) is 2.32. The molecule has 0 saturated heterocycles. The van der Waals surface area contributed by atoms with Crippen molar-refractivity contribution in [3.63, 3.8) is 0 Å². The van der Waals surface area contributed by atoms with E-state index in [2.05, 4.69) is 20.3 Å². The molecule has 0 unspecified atom stereocenters. The van der Waals surface area contributed by atoms with Gasteiger partial charge in [0.05, 0.1) is 15.6 Å². The van der Waals surface area contributed by atoms with E-state index in [4.69, 9.17) is 16.2 Å². The highest BCUT2D eigenvalue weighted by atomic mass is 35.5. The summed E-state index contributed by atoms with van der Waals surface area (Å²) in [4.78, 5) is 11.0. The van der Waals surface area contributed by atoms with E-state index >= 15 is 0 Å². The number of hydrogen-bond acceptors (Lipinski definition) is 6. The van der Waals surface area contributed by atoms with Crippen molar-refractivity contribution in [3.8, 4) is 0 Å². The Hall–Kier alpha value is -1.77. The minimum absolute atomic E-state index is 0.116. The first-order chi connectivity index (χ1) is 8.47. The van der Waals surface area contributed by atoms with Gasteiger partial charge in [0.15, 0.2) is 0 Å². The zero-order chi connectivity index (χ0) is 13.2. The van der Waals surface area contributed by atoms with E-state index in [0.717, 1.165) is 6.07 Å². The van der Waals surface area contributed by atoms with Crippen molar-refractivity contribution in [1.82, 2.24) is 15.0 Å². The maximum absolute atomic E-state index is 10.9. The van der Waals surface area contributed by atoms with Crippen LogP contribution in [0.2, 0.25) is 5.02 Å². The first-order valence-electron chi connectivity index (χ1n) is 4.63. The van der Waals surface area contributed by atoms with Crippen LogP contribution in [0.1, 0.15) is 0 Å². The van der Waals surface area contributed by atoms with Crippen molar-refractivity contribution < 1.29 is 13.0 Å². The number of benzene rings is 1. The molecule has 0 atom stereocenters. The van der Waals surface area contributed by atoms with Crippen LogP contribution in [0.3, 0.4) is 0 Å². The molecule has 9 heteroatoms. The molecule has 2 aromatic rings. The molecule has 0 bridgehead atoms. The fraction of sp³-hybridized carbons (Fsp3) is 0. The van der Waals surface area contributed by atoms with Gasteiger partial charge in [-0.2, -0.15) is 8.42 Å². The van der Waals surface area contributed by atoms with Crippen LogP contribution in [0, 0.1) is 0 Å². The standard InChI is InChI=1S/C9H7ClN4O3S/c10-7-3-6(18(15,16)17)1-2-8(7)14-9-12-4-11-5-13-9/h1-5H,(H,15,16,17)(H,11,12,13,14). The Morgan fingerprint density at radius 1 is 1.22 bits per heavy atom. The van der Waals surface area contributed by atoms with Crippen molar-refractivity contribution in [2.75, 3.05) is 5.32 Å². The Labute approximate surface area is 108 Å². The molecule has 2 rings (SSSR count). The first kappa shape index (κ1) is 12.7. The third-order valence-corrected chi connectivity index (χ3v) is 3.14. The summed E-state index contributed by atoms with van der Waals surface area (Å²) in [6.07, 6.45) is 2.60. The summed E-state index contributed by atoms with van der Waals surface area (Å²) >= 11 is 5.88. The van der Waals surface area contributed by atoms with Gasteiger partial charge in [-0.3, -0.25) is 4.55 Å². The van der Waals surface area contributed by atoms with Crippen LogP contribution in [0.5, 0.6) is 0 Å². The smallest absolute Gasteiger partial charge is 0.294 e. The van der Waals surface area contributed by atoms with E-state index in [0.29, 0.717) is 5.69 Å². The Morgan fingerprint density at radius 3 is 2.44 bits per heavy atom. The SMILES string of the molecule is O=S(=O)(O)c1ccc(Nc2ncncn2)c(Cl)c1. The molecule has 0 aliphatic carbocycles. The highest BCUT2D eigenvalue weighted by molar-refractivity contribution is 7.85. The Morgan fingerprint density at radius 2 is 1.89 bits per heavy atom. The molecule has 0 spiro atoms. The predicted octanol–water partition coefficient (Wildman–Crippen LogP) is 1.52. The summed E-state index contributed by atoms with van der Waals surface area (Å²) in [6, 6.07) is 3.74. The minimum atomic E-state index is -4.27. The van der Waals surface area contributed by atoms with Gasteiger partial charge in [-0.05, 0) is 18.2 Å². The molecule has 0 aliphatic heterocycles. The molecule has 0 radical (unpaired) electrons. The Bertz CT molecular complexity index is 663. The maximum atomic E-state index is 10.9. The topological polar surface area (TPSA) is 105 Å². The summed E-state index contributed by atoms with van der Waals surface area (Å²) in [6.45, 7) is 0. The van der Waals surface area contributed by atoms with Gasteiger partial charge in [-0.15, -0.1) is 0 Å². The number of anilines is 2. The second-order valence-corrected chi connectivity index (χ2v) is 5.03. The maximum Gasteiger partial charge on any atom is 0.294 e. The highest BCUT2D eigenvalue weighted by Gasteiger charge is 2.12. The first-order valence-corrected chi connectivity index (χ1v) is 6.45. The number of aromatic nitrogens is 3. The molecule has 18 heavy (non-hydrogen) atoms. The van der Waals surface area contributed by atoms with E-state index in [1.54, 1.807) is 0 Å². The molecule has 1 aromatic heterocycles. The van der Waals surface area contributed by atoms with Gasteiger partial charge in [0.25, 0.3) is 10.1 Å². The second kappa shape index (κ2) is 4.84. The van der Waals surface area contributed by atoms with E-state index in [-0.39, 0.29) is 15.9 Å². The molecule has 0 saturated carbocycles.